The summed E-state index contributed by atoms with van der Waals surface area (Å²) in [5.41, 5.74) is -0.829. The van der Waals surface area contributed by atoms with E-state index in [4.69, 9.17) is 0 Å². The predicted octanol–water partition coefficient (Wildman–Crippen LogP) is 2.00. The Bertz CT molecular complexity index is 236. The van der Waals surface area contributed by atoms with E-state index in [1.807, 2.05) is 13.0 Å². The zero-order valence-corrected chi connectivity index (χ0v) is 11.0. The first-order chi connectivity index (χ1) is 7.35. The van der Waals surface area contributed by atoms with Crippen LogP contribution < -0.4 is 0 Å². The Morgan fingerprint density at radius 2 is 2.19 bits per heavy atom. The number of hydrogen-bond donors (Lipinski definition) is 1. The first-order valence-corrected chi connectivity index (χ1v) is 5.92. The molecule has 3 nitrogen and oxygen atoms in total. The molecule has 0 radical (unpaired) electrons. The van der Waals surface area contributed by atoms with Crippen molar-refractivity contribution in [2.75, 3.05) is 13.1 Å². The van der Waals surface area contributed by atoms with Crippen LogP contribution >= 0.6 is 0 Å². The number of hydrogen-bond acceptors (Lipinski definition) is 3. The predicted molar refractivity (Wildman–Crippen MR) is 67.4 cm³/mol. The molecular weight excluding hydrogens is 202 g/mol. The highest BCUT2D eigenvalue weighted by atomic mass is 16.3. The minimum absolute atomic E-state index is 0.0230. The average Bonchev–Trinajstić information content (AvgIpc) is 2.22. The van der Waals surface area contributed by atoms with Gasteiger partial charge < -0.3 is 9.90 Å². The minimum Gasteiger partial charge on any atom is -0.389 e. The van der Waals surface area contributed by atoms with Crippen molar-refractivity contribution in [3.05, 3.63) is 12.7 Å². The number of aliphatic hydroxyl groups is 1. The van der Waals surface area contributed by atoms with E-state index >= 15 is 0 Å². The summed E-state index contributed by atoms with van der Waals surface area (Å²) < 4.78 is 0. The van der Waals surface area contributed by atoms with Crippen molar-refractivity contribution in [1.29, 1.82) is 0 Å². The fraction of sp³-hybridized carbons (Fsp3) is 0.769. The molecule has 0 aromatic carbocycles. The van der Waals surface area contributed by atoms with Gasteiger partial charge in [-0.05, 0) is 33.7 Å². The van der Waals surface area contributed by atoms with Gasteiger partial charge in [0.15, 0.2) is 0 Å². The van der Waals surface area contributed by atoms with Gasteiger partial charge in [-0.1, -0.05) is 13.0 Å². The van der Waals surface area contributed by atoms with E-state index in [-0.39, 0.29) is 11.8 Å². The molecule has 2 atom stereocenters. The molecule has 0 amide bonds. The molecule has 0 aliphatic rings. The zero-order valence-electron chi connectivity index (χ0n) is 11.0. The highest BCUT2D eigenvalue weighted by Gasteiger charge is 2.31. The Morgan fingerprint density at radius 3 is 2.56 bits per heavy atom. The van der Waals surface area contributed by atoms with Gasteiger partial charge >= 0.3 is 0 Å². The van der Waals surface area contributed by atoms with E-state index in [0.29, 0.717) is 12.8 Å². The van der Waals surface area contributed by atoms with E-state index in [1.165, 1.54) is 0 Å². The normalized spacial score (nSPS) is 16.9. The van der Waals surface area contributed by atoms with Crippen molar-refractivity contribution in [1.82, 2.24) is 4.90 Å². The molecule has 2 unspecified atom stereocenters. The SMILES string of the molecule is C=CCN(CC)C(C)C(C)(O)CCC(C)=O. The first kappa shape index (κ1) is 15.3. The summed E-state index contributed by atoms with van der Waals surface area (Å²) in [5.74, 6) is 0.124. The van der Waals surface area contributed by atoms with Gasteiger partial charge in [0.05, 0.1) is 5.60 Å². The Morgan fingerprint density at radius 1 is 1.62 bits per heavy atom. The molecule has 1 N–H and O–H groups in total. The van der Waals surface area contributed by atoms with Crippen molar-refractivity contribution in [3.63, 3.8) is 0 Å². The lowest BCUT2D eigenvalue weighted by molar-refractivity contribution is -0.119. The monoisotopic (exact) mass is 227 g/mol. The summed E-state index contributed by atoms with van der Waals surface area (Å²) in [6.45, 7) is 12.7. The third-order valence-corrected chi connectivity index (χ3v) is 3.20. The van der Waals surface area contributed by atoms with Gasteiger partial charge in [-0.2, -0.15) is 0 Å². The van der Waals surface area contributed by atoms with Gasteiger partial charge in [-0.15, -0.1) is 6.58 Å². The number of carbonyl (C=O) groups excluding carboxylic acids is 1. The first-order valence-electron chi connectivity index (χ1n) is 5.92. The molecule has 94 valence electrons. The molecule has 0 saturated heterocycles. The summed E-state index contributed by atoms with van der Waals surface area (Å²) in [5, 5.41) is 10.3. The molecule has 0 heterocycles. The van der Waals surface area contributed by atoms with Crippen LogP contribution in [0.4, 0.5) is 0 Å². The smallest absolute Gasteiger partial charge is 0.129 e. The summed E-state index contributed by atoms with van der Waals surface area (Å²) in [6.07, 6.45) is 2.78. The van der Waals surface area contributed by atoms with Crippen LogP contribution in [0, 0.1) is 0 Å². The molecule has 0 aliphatic carbocycles. The molecular formula is C13H25NO2. The molecule has 0 rings (SSSR count). The van der Waals surface area contributed by atoms with E-state index in [2.05, 4.69) is 18.4 Å². The van der Waals surface area contributed by atoms with Crippen molar-refractivity contribution in [3.8, 4) is 0 Å². The molecule has 0 fully saturated rings. The number of carbonyl (C=O) groups is 1. The van der Waals surface area contributed by atoms with Crippen molar-refractivity contribution in [2.24, 2.45) is 0 Å². The highest BCUT2D eigenvalue weighted by Crippen LogP contribution is 2.21. The van der Waals surface area contributed by atoms with Gasteiger partial charge in [0.25, 0.3) is 0 Å². The van der Waals surface area contributed by atoms with Crippen LogP contribution in [-0.4, -0.2) is 40.5 Å². The third kappa shape index (κ3) is 4.90. The largest absolute Gasteiger partial charge is 0.389 e. The van der Waals surface area contributed by atoms with Gasteiger partial charge in [0, 0.05) is 19.0 Å². The van der Waals surface area contributed by atoms with E-state index in [0.717, 1.165) is 13.1 Å². The summed E-state index contributed by atoms with van der Waals surface area (Å²) in [6, 6.07) is 0.0230. The Hall–Kier alpha value is -0.670. The van der Waals surface area contributed by atoms with Crippen LogP contribution in [0.15, 0.2) is 12.7 Å². The van der Waals surface area contributed by atoms with Crippen LogP contribution in [0.25, 0.3) is 0 Å². The highest BCUT2D eigenvalue weighted by molar-refractivity contribution is 5.75. The zero-order chi connectivity index (χ0) is 12.8. The standard InChI is InChI=1S/C13H25NO2/c1-6-10-14(7-2)12(4)13(5,16)9-8-11(3)15/h6,12,16H,1,7-10H2,2-5H3. The summed E-state index contributed by atoms with van der Waals surface area (Å²) in [4.78, 5) is 13.1. The van der Waals surface area contributed by atoms with E-state index in [1.54, 1.807) is 13.8 Å². The molecule has 0 aromatic heterocycles. The molecule has 3 heteroatoms. The average molecular weight is 227 g/mol. The summed E-state index contributed by atoms with van der Waals surface area (Å²) in [7, 11) is 0. The van der Waals surface area contributed by atoms with Crippen LogP contribution in [-0.2, 0) is 4.79 Å². The van der Waals surface area contributed by atoms with Crippen LogP contribution in [0.1, 0.15) is 40.5 Å². The fourth-order valence-corrected chi connectivity index (χ4v) is 1.76. The lowest BCUT2D eigenvalue weighted by Crippen LogP contribution is -2.49. The van der Waals surface area contributed by atoms with Crippen LogP contribution in [0.3, 0.4) is 0 Å². The van der Waals surface area contributed by atoms with Crippen LogP contribution in [0.2, 0.25) is 0 Å². The van der Waals surface area contributed by atoms with Gasteiger partial charge in [0.2, 0.25) is 0 Å². The number of nitrogens with zero attached hydrogens (tertiary/aromatic N) is 1. The van der Waals surface area contributed by atoms with Crippen molar-refractivity contribution in [2.45, 2.75) is 52.2 Å². The molecule has 0 aromatic rings. The second kappa shape index (κ2) is 6.81. The maximum Gasteiger partial charge on any atom is 0.129 e. The minimum atomic E-state index is -0.829. The fourth-order valence-electron chi connectivity index (χ4n) is 1.76. The molecule has 0 aliphatic heterocycles. The Labute approximate surface area is 99.1 Å². The quantitative estimate of drug-likeness (QED) is 0.645. The Balaban J connectivity index is 4.45. The number of ketones is 1. The van der Waals surface area contributed by atoms with E-state index in [9.17, 15) is 9.90 Å². The Kier molecular flexibility index (Phi) is 6.53. The molecule has 16 heavy (non-hydrogen) atoms. The molecule has 0 spiro atoms. The maximum atomic E-state index is 10.9. The van der Waals surface area contributed by atoms with E-state index < -0.39 is 5.60 Å². The van der Waals surface area contributed by atoms with Crippen LogP contribution in [0.5, 0.6) is 0 Å². The molecule has 0 bridgehead atoms. The van der Waals surface area contributed by atoms with Gasteiger partial charge in [0.1, 0.15) is 5.78 Å². The topological polar surface area (TPSA) is 40.5 Å². The van der Waals surface area contributed by atoms with Gasteiger partial charge in [-0.25, -0.2) is 0 Å². The molecule has 0 saturated carbocycles. The maximum absolute atomic E-state index is 10.9. The van der Waals surface area contributed by atoms with Crippen molar-refractivity contribution < 1.29 is 9.90 Å². The second-order valence-corrected chi connectivity index (χ2v) is 4.61. The summed E-state index contributed by atoms with van der Waals surface area (Å²) >= 11 is 0. The lowest BCUT2D eigenvalue weighted by Gasteiger charge is -2.38. The number of likely N-dealkylation sites (N-methyl/N-ethyl adjacent to an activating group) is 1. The lowest BCUT2D eigenvalue weighted by atomic mass is 9.90. The van der Waals surface area contributed by atoms with Crippen molar-refractivity contribution >= 4 is 5.78 Å². The van der Waals surface area contributed by atoms with Gasteiger partial charge in [-0.3, -0.25) is 4.90 Å². The third-order valence-electron chi connectivity index (χ3n) is 3.20. The second-order valence-electron chi connectivity index (χ2n) is 4.61. The number of Topliss-reactive ketones (excluding diaryl/α,β-unsaturated/α-hetero) is 1. The number of rotatable bonds is 8.